The number of H-pyrrole nitrogens is 2. The standard InChI is InChI=1S/C14H13Br2N3OS/c1-7(17-6-9-5-10(15)13(16)21-9)8-2-3-11-12(4-8)19-14(20)18-11/h2-5,7,17H,6H2,1H3,(H2,18,19,20). The summed E-state index contributed by atoms with van der Waals surface area (Å²) in [6.45, 7) is 2.92. The smallest absolute Gasteiger partial charge is 0.306 e. The van der Waals surface area contributed by atoms with Gasteiger partial charge in [-0.25, -0.2) is 4.79 Å². The van der Waals surface area contributed by atoms with Crippen molar-refractivity contribution in [3.63, 3.8) is 0 Å². The largest absolute Gasteiger partial charge is 0.323 e. The zero-order valence-electron chi connectivity index (χ0n) is 11.2. The van der Waals surface area contributed by atoms with Gasteiger partial charge in [0.25, 0.3) is 0 Å². The molecule has 0 saturated heterocycles. The van der Waals surface area contributed by atoms with Crippen molar-refractivity contribution in [2.75, 3.05) is 0 Å². The van der Waals surface area contributed by atoms with Gasteiger partial charge in [0, 0.05) is 21.9 Å². The first kappa shape index (κ1) is 15.0. The number of imidazole rings is 1. The van der Waals surface area contributed by atoms with Crippen molar-refractivity contribution in [3.05, 3.63) is 53.4 Å². The normalized spacial score (nSPS) is 12.9. The van der Waals surface area contributed by atoms with E-state index in [-0.39, 0.29) is 11.7 Å². The van der Waals surface area contributed by atoms with E-state index >= 15 is 0 Å². The molecule has 2 aromatic heterocycles. The quantitative estimate of drug-likeness (QED) is 0.578. The predicted octanol–water partition coefficient (Wildman–Crippen LogP) is 4.29. The minimum Gasteiger partial charge on any atom is -0.306 e. The summed E-state index contributed by atoms with van der Waals surface area (Å²) in [6, 6.07) is 8.28. The lowest BCUT2D eigenvalue weighted by Crippen LogP contribution is -2.17. The number of halogens is 2. The molecule has 1 aromatic carbocycles. The van der Waals surface area contributed by atoms with Gasteiger partial charge < -0.3 is 15.3 Å². The molecule has 3 rings (SSSR count). The van der Waals surface area contributed by atoms with Gasteiger partial charge in [0.2, 0.25) is 0 Å². The first-order valence-electron chi connectivity index (χ1n) is 6.42. The monoisotopic (exact) mass is 429 g/mol. The van der Waals surface area contributed by atoms with Crippen LogP contribution in [-0.2, 0) is 6.54 Å². The number of aromatic amines is 2. The van der Waals surface area contributed by atoms with E-state index in [4.69, 9.17) is 0 Å². The van der Waals surface area contributed by atoms with Gasteiger partial charge in [-0.2, -0.15) is 0 Å². The van der Waals surface area contributed by atoms with Crippen LogP contribution in [0.4, 0.5) is 0 Å². The average molecular weight is 431 g/mol. The molecule has 21 heavy (non-hydrogen) atoms. The van der Waals surface area contributed by atoms with Crippen molar-refractivity contribution in [1.29, 1.82) is 0 Å². The third-order valence-electron chi connectivity index (χ3n) is 3.32. The highest BCUT2D eigenvalue weighted by atomic mass is 79.9. The molecule has 7 heteroatoms. The molecule has 1 atom stereocenters. The van der Waals surface area contributed by atoms with Crippen molar-refractivity contribution in [3.8, 4) is 0 Å². The molecule has 110 valence electrons. The highest BCUT2D eigenvalue weighted by Gasteiger charge is 2.09. The molecule has 3 aromatic rings. The maximum Gasteiger partial charge on any atom is 0.323 e. The summed E-state index contributed by atoms with van der Waals surface area (Å²) in [6.07, 6.45) is 0. The van der Waals surface area contributed by atoms with Gasteiger partial charge in [-0.3, -0.25) is 0 Å². The minimum atomic E-state index is -0.170. The first-order chi connectivity index (χ1) is 10.0. The number of nitrogens with one attached hydrogen (secondary N) is 3. The van der Waals surface area contributed by atoms with E-state index < -0.39 is 0 Å². The van der Waals surface area contributed by atoms with Crippen LogP contribution in [0.2, 0.25) is 0 Å². The van der Waals surface area contributed by atoms with E-state index in [1.807, 2.05) is 18.2 Å². The Labute approximate surface area is 142 Å². The molecule has 3 N–H and O–H groups in total. The minimum absolute atomic E-state index is 0.170. The number of fused-ring (bicyclic) bond motifs is 1. The average Bonchev–Trinajstić information content (AvgIpc) is 2.97. The van der Waals surface area contributed by atoms with Gasteiger partial charge in [0.05, 0.1) is 14.8 Å². The van der Waals surface area contributed by atoms with Crippen molar-refractivity contribution in [2.45, 2.75) is 19.5 Å². The van der Waals surface area contributed by atoms with Crippen LogP contribution < -0.4 is 11.0 Å². The van der Waals surface area contributed by atoms with E-state index in [1.54, 1.807) is 11.3 Å². The summed E-state index contributed by atoms with van der Waals surface area (Å²) in [5, 5.41) is 3.49. The number of benzene rings is 1. The molecule has 0 aliphatic carbocycles. The Kier molecular flexibility index (Phi) is 4.35. The van der Waals surface area contributed by atoms with E-state index in [9.17, 15) is 4.79 Å². The Morgan fingerprint density at radius 1 is 1.24 bits per heavy atom. The van der Waals surface area contributed by atoms with Gasteiger partial charge in [0.15, 0.2) is 0 Å². The van der Waals surface area contributed by atoms with Crippen molar-refractivity contribution in [2.24, 2.45) is 0 Å². The highest BCUT2D eigenvalue weighted by molar-refractivity contribution is 9.13. The third kappa shape index (κ3) is 3.31. The number of hydrogen-bond donors (Lipinski definition) is 3. The summed E-state index contributed by atoms with van der Waals surface area (Å²) in [4.78, 5) is 18.1. The van der Waals surface area contributed by atoms with Gasteiger partial charge in [-0.15, -0.1) is 11.3 Å². The molecule has 0 aliphatic rings. The summed E-state index contributed by atoms with van der Waals surface area (Å²) in [5.74, 6) is 0. The first-order valence-corrected chi connectivity index (χ1v) is 8.82. The molecule has 0 bridgehead atoms. The van der Waals surface area contributed by atoms with Gasteiger partial charge in [-0.1, -0.05) is 6.07 Å². The molecule has 0 amide bonds. The SMILES string of the molecule is CC(NCc1cc(Br)c(Br)s1)c1ccc2[nH]c(=O)[nH]c2c1. The van der Waals surface area contributed by atoms with Gasteiger partial charge in [-0.05, 0) is 62.5 Å². The second-order valence-electron chi connectivity index (χ2n) is 4.82. The third-order valence-corrected chi connectivity index (χ3v) is 6.57. The van der Waals surface area contributed by atoms with Crippen molar-refractivity contribution >= 4 is 54.2 Å². The lowest BCUT2D eigenvalue weighted by atomic mass is 10.1. The summed E-state index contributed by atoms with van der Waals surface area (Å²) >= 11 is 8.71. The number of aromatic nitrogens is 2. The number of rotatable bonds is 4. The maximum atomic E-state index is 11.3. The molecular weight excluding hydrogens is 418 g/mol. The topological polar surface area (TPSA) is 60.7 Å². The Balaban J connectivity index is 1.73. The van der Waals surface area contributed by atoms with E-state index in [1.165, 1.54) is 4.88 Å². The van der Waals surface area contributed by atoms with E-state index in [0.717, 1.165) is 31.4 Å². The molecule has 0 saturated carbocycles. The predicted molar refractivity (Wildman–Crippen MR) is 93.9 cm³/mol. The number of thiophene rings is 1. The van der Waals surface area contributed by atoms with Crippen LogP contribution in [0.3, 0.4) is 0 Å². The zero-order valence-corrected chi connectivity index (χ0v) is 15.2. The lowest BCUT2D eigenvalue weighted by molar-refractivity contribution is 0.579. The molecule has 4 nitrogen and oxygen atoms in total. The summed E-state index contributed by atoms with van der Waals surface area (Å²) < 4.78 is 2.20. The fourth-order valence-corrected chi connectivity index (χ4v) is 4.30. The van der Waals surface area contributed by atoms with Gasteiger partial charge >= 0.3 is 5.69 Å². The fraction of sp³-hybridized carbons (Fsp3) is 0.214. The Bertz CT molecular complexity index is 817. The number of hydrogen-bond acceptors (Lipinski definition) is 3. The Hall–Kier alpha value is -0.890. The molecular formula is C14H13Br2N3OS. The molecule has 1 unspecified atom stereocenters. The molecule has 0 fully saturated rings. The fourth-order valence-electron chi connectivity index (χ4n) is 2.17. The Morgan fingerprint density at radius 3 is 2.71 bits per heavy atom. The van der Waals surface area contributed by atoms with Crippen LogP contribution in [0.1, 0.15) is 23.4 Å². The lowest BCUT2D eigenvalue weighted by Gasteiger charge is -2.13. The van der Waals surface area contributed by atoms with Crippen LogP contribution in [0.25, 0.3) is 11.0 Å². The molecule has 2 heterocycles. The second kappa shape index (κ2) is 6.08. The van der Waals surface area contributed by atoms with Gasteiger partial charge in [0.1, 0.15) is 0 Å². The van der Waals surface area contributed by atoms with Crippen LogP contribution >= 0.6 is 43.2 Å². The van der Waals surface area contributed by atoms with Crippen LogP contribution in [0.15, 0.2) is 37.3 Å². The molecule has 0 spiro atoms. The summed E-state index contributed by atoms with van der Waals surface area (Å²) in [5.41, 5.74) is 2.65. The van der Waals surface area contributed by atoms with Crippen LogP contribution in [0.5, 0.6) is 0 Å². The van der Waals surface area contributed by atoms with E-state index in [0.29, 0.717) is 0 Å². The van der Waals surface area contributed by atoms with Crippen LogP contribution in [0, 0.1) is 0 Å². The molecule has 0 radical (unpaired) electrons. The van der Waals surface area contributed by atoms with E-state index in [2.05, 4.69) is 60.1 Å². The molecule has 0 aliphatic heterocycles. The van der Waals surface area contributed by atoms with Crippen molar-refractivity contribution in [1.82, 2.24) is 15.3 Å². The highest BCUT2D eigenvalue weighted by Crippen LogP contribution is 2.32. The maximum absolute atomic E-state index is 11.3. The van der Waals surface area contributed by atoms with Crippen molar-refractivity contribution < 1.29 is 0 Å². The summed E-state index contributed by atoms with van der Waals surface area (Å²) in [7, 11) is 0. The Morgan fingerprint density at radius 2 is 2.00 bits per heavy atom. The zero-order chi connectivity index (χ0) is 15.0. The van der Waals surface area contributed by atoms with Crippen LogP contribution in [-0.4, -0.2) is 9.97 Å². The second-order valence-corrected chi connectivity index (χ2v) is 8.13.